The van der Waals surface area contributed by atoms with Crippen molar-refractivity contribution in [3.05, 3.63) is 59.0 Å². The number of amides is 2. The van der Waals surface area contributed by atoms with Crippen LogP contribution in [-0.4, -0.2) is 78.9 Å². The highest BCUT2D eigenvalue weighted by Gasteiger charge is 2.23. The SMILES string of the molecule is CN(Cc1ccc(CSCCNC(=NCC(O)c2ccc(C(N)=O)cc2)NS(C)(=O)=O)o1)C(=O)OCC(Cl)(Cl)Cl. The Labute approximate surface area is 251 Å². The summed E-state index contributed by atoms with van der Waals surface area (Å²) < 4.78 is 34.7. The maximum absolute atomic E-state index is 12.0. The van der Waals surface area contributed by atoms with Gasteiger partial charge in [0.15, 0.2) is 0 Å². The van der Waals surface area contributed by atoms with E-state index in [-0.39, 0.29) is 25.7 Å². The lowest BCUT2D eigenvalue weighted by atomic mass is 10.1. The van der Waals surface area contributed by atoms with Crippen molar-refractivity contribution in [2.75, 3.05) is 38.8 Å². The number of sulfonamides is 1. The van der Waals surface area contributed by atoms with Crippen molar-refractivity contribution in [3.8, 4) is 0 Å². The number of halogens is 3. The number of furan rings is 1. The number of aliphatic hydroxyl groups is 1. The van der Waals surface area contributed by atoms with Gasteiger partial charge in [0, 0.05) is 24.9 Å². The van der Waals surface area contributed by atoms with Crippen molar-refractivity contribution < 1.29 is 32.3 Å². The van der Waals surface area contributed by atoms with Crippen molar-refractivity contribution in [2.24, 2.45) is 10.7 Å². The lowest BCUT2D eigenvalue weighted by molar-refractivity contribution is 0.0999. The molecule has 0 saturated heterocycles. The van der Waals surface area contributed by atoms with E-state index < -0.39 is 31.9 Å². The molecule has 0 radical (unpaired) electrons. The average Bonchev–Trinajstić information content (AvgIpc) is 3.30. The molecule has 0 bridgehead atoms. The minimum atomic E-state index is -3.62. The number of aliphatic imine (C=N–C) groups is 1. The molecule has 1 aromatic heterocycles. The number of benzene rings is 1. The molecule has 1 atom stereocenters. The van der Waals surface area contributed by atoms with Gasteiger partial charge in [-0.15, -0.1) is 0 Å². The molecule has 1 aromatic carbocycles. The van der Waals surface area contributed by atoms with Gasteiger partial charge in [0.05, 0.1) is 31.2 Å². The van der Waals surface area contributed by atoms with Crippen molar-refractivity contribution in [3.63, 3.8) is 0 Å². The highest BCUT2D eigenvalue weighted by atomic mass is 35.6. The van der Waals surface area contributed by atoms with E-state index in [0.717, 1.165) is 6.26 Å². The smallest absolute Gasteiger partial charge is 0.410 e. The Hall–Kier alpha value is -2.36. The number of nitrogens with one attached hydrogen (secondary N) is 2. The van der Waals surface area contributed by atoms with Crippen LogP contribution in [-0.2, 0) is 27.1 Å². The summed E-state index contributed by atoms with van der Waals surface area (Å²) in [4.78, 5) is 28.6. The molecule has 17 heteroatoms. The number of nitrogens with two attached hydrogens (primary N) is 1. The Bertz CT molecular complexity index is 1270. The highest BCUT2D eigenvalue weighted by molar-refractivity contribution is 7.98. The number of rotatable bonds is 13. The second-order valence-corrected chi connectivity index (χ2v) is 13.8. The summed E-state index contributed by atoms with van der Waals surface area (Å²) >= 11 is 18.2. The predicted molar refractivity (Wildman–Crippen MR) is 156 cm³/mol. The molecule has 0 spiro atoms. The minimum Gasteiger partial charge on any atom is -0.463 e. The normalized spacial score (nSPS) is 13.0. The van der Waals surface area contributed by atoms with Crippen molar-refractivity contribution in [1.82, 2.24) is 14.9 Å². The van der Waals surface area contributed by atoms with E-state index in [1.807, 2.05) is 0 Å². The van der Waals surface area contributed by atoms with E-state index >= 15 is 0 Å². The first-order valence-corrected chi connectivity index (χ1v) is 15.7. The third kappa shape index (κ3) is 13.3. The number of carbonyl (C=O) groups excluding carboxylic acids is 2. The highest BCUT2D eigenvalue weighted by Crippen LogP contribution is 2.26. The van der Waals surface area contributed by atoms with Crippen molar-refractivity contribution in [2.45, 2.75) is 22.2 Å². The van der Waals surface area contributed by atoms with E-state index in [4.69, 9.17) is 49.7 Å². The molecular formula is C23H30Cl3N5O7S2. The molecule has 40 heavy (non-hydrogen) atoms. The van der Waals surface area contributed by atoms with Crippen LogP contribution in [0.2, 0.25) is 0 Å². The van der Waals surface area contributed by atoms with E-state index in [1.54, 1.807) is 24.3 Å². The minimum absolute atomic E-state index is 0.0131. The van der Waals surface area contributed by atoms with Gasteiger partial charge in [-0.2, -0.15) is 11.8 Å². The number of aliphatic hydroxyl groups excluding tert-OH is 1. The third-order valence-corrected chi connectivity index (χ3v) is 6.72. The molecule has 0 saturated carbocycles. The first-order chi connectivity index (χ1) is 18.6. The van der Waals surface area contributed by atoms with E-state index in [0.29, 0.717) is 40.7 Å². The zero-order chi connectivity index (χ0) is 29.9. The van der Waals surface area contributed by atoms with Crippen LogP contribution < -0.4 is 15.8 Å². The predicted octanol–water partition coefficient (Wildman–Crippen LogP) is 2.78. The number of ether oxygens (including phenoxy) is 1. The Kier molecular flexibility index (Phi) is 13.2. The zero-order valence-corrected chi connectivity index (χ0v) is 25.5. The first kappa shape index (κ1) is 33.8. The van der Waals surface area contributed by atoms with Gasteiger partial charge in [0.2, 0.25) is 25.7 Å². The summed E-state index contributed by atoms with van der Waals surface area (Å²) in [7, 11) is -2.10. The van der Waals surface area contributed by atoms with Gasteiger partial charge in [-0.25, -0.2) is 18.2 Å². The van der Waals surface area contributed by atoms with Crippen molar-refractivity contribution in [1.29, 1.82) is 0 Å². The molecule has 0 aliphatic rings. The molecule has 222 valence electrons. The van der Waals surface area contributed by atoms with Gasteiger partial charge in [-0.1, -0.05) is 46.9 Å². The summed E-state index contributed by atoms with van der Waals surface area (Å²) in [5, 5.41) is 13.3. The molecule has 2 rings (SSSR count). The number of hydrogen-bond acceptors (Lipinski definition) is 9. The molecule has 2 aromatic rings. The molecule has 0 fully saturated rings. The summed E-state index contributed by atoms with van der Waals surface area (Å²) in [6.07, 6.45) is -0.707. The van der Waals surface area contributed by atoms with Crippen LogP contribution in [0.1, 0.15) is 33.5 Å². The monoisotopic (exact) mass is 657 g/mol. The number of alkyl halides is 3. The van der Waals surface area contributed by atoms with Crippen LogP contribution >= 0.6 is 46.6 Å². The summed E-state index contributed by atoms with van der Waals surface area (Å²) in [5.74, 6) is 1.71. The second-order valence-electron chi connectivity index (χ2n) is 8.44. The Morgan fingerprint density at radius 1 is 1.20 bits per heavy atom. The third-order valence-electron chi connectivity index (χ3n) is 4.85. The number of nitrogens with zero attached hydrogens (tertiary/aromatic N) is 2. The summed E-state index contributed by atoms with van der Waals surface area (Å²) in [6, 6.07) is 9.58. The van der Waals surface area contributed by atoms with Crippen LogP contribution in [0, 0.1) is 0 Å². The number of guanidine groups is 1. The Morgan fingerprint density at radius 3 is 2.45 bits per heavy atom. The number of thioether (sulfide) groups is 1. The fourth-order valence-electron chi connectivity index (χ4n) is 3.00. The van der Waals surface area contributed by atoms with Gasteiger partial charge >= 0.3 is 6.09 Å². The lowest BCUT2D eigenvalue weighted by Gasteiger charge is -2.17. The average molecular weight is 659 g/mol. The molecule has 5 N–H and O–H groups in total. The Morgan fingerprint density at radius 2 is 1.85 bits per heavy atom. The molecule has 1 heterocycles. The standard InChI is InChI=1S/C23H30Cl3N5O7S2/c1-31(22(34)37-14-23(24,25)26)12-17-7-8-18(38-17)13-39-10-9-28-21(30-40(2,35)36)29-11-19(32)15-3-5-16(6-4-15)20(27)33/h3-8,19,32H,9-14H2,1-2H3,(H2,27,33)(H2,28,29,30). The van der Waals surface area contributed by atoms with Gasteiger partial charge < -0.3 is 30.2 Å². The summed E-state index contributed by atoms with van der Waals surface area (Å²) in [5.41, 5.74) is 6.01. The van der Waals surface area contributed by atoms with Crippen LogP contribution in [0.5, 0.6) is 0 Å². The fraction of sp³-hybridized carbons (Fsp3) is 0.435. The first-order valence-electron chi connectivity index (χ1n) is 11.6. The lowest BCUT2D eigenvalue weighted by Crippen LogP contribution is -2.41. The van der Waals surface area contributed by atoms with Gasteiger partial charge in [-0.3, -0.25) is 9.52 Å². The van der Waals surface area contributed by atoms with E-state index in [2.05, 4.69) is 15.0 Å². The van der Waals surface area contributed by atoms with Crippen molar-refractivity contribution >= 4 is 74.5 Å². The maximum Gasteiger partial charge on any atom is 0.410 e. The molecule has 12 nitrogen and oxygen atoms in total. The topological polar surface area (TPSA) is 177 Å². The van der Waals surface area contributed by atoms with Crippen LogP contribution in [0.25, 0.3) is 0 Å². The number of carbonyl (C=O) groups is 2. The number of primary amides is 1. The van der Waals surface area contributed by atoms with Crippen LogP contribution in [0.4, 0.5) is 4.79 Å². The molecular weight excluding hydrogens is 629 g/mol. The fourth-order valence-corrected chi connectivity index (χ4v) is 4.40. The molecule has 2 amide bonds. The van der Waals surface area contributed by atoms with Gasteiger partial charge in [0.1, 0.15) is 18.1 Å². The van der Waals surface area contributed by atoms with Crippen LogP contribution in [0.3, 0.4) is 0 Å². The summed E-state index contributed by atoms with van der Waals surface area (Å²) in [6.45, 7) is 0.00716. The quantitative estimate of drug-likeness (QED) is 0.109. The van der Waals surface area contributed by atoms with Gasteiger partial charge in [-0.05, 0) is 29.8 Å². The largest absolute Gasteiger partial charge is 0.463 e. The zero-order valence-electron chi connectivity index (χ0n) is 21.6. The molecule has 0 aliphatic heterocycles. The second kappa shape index (κ2) is 15.6. The number of hydrogen-bond donors (Lipinski definition) is 4. The molecule has 0 aliphatic carbocycles. The molecule has 1 unspecified atom stereocenters. The van der Waals surface area contributed by atoms with E-state index in [1.165, 1.54) is 35.8 Å². The van der Waals surface area contributed by atoms with E-state index in [9.17, 15) is 23.1 Å². The maximum atomic E-state index is 12.0. The van der Waals surface area contributed by atoms with Crippen LogP contribution in [0.15, 0.2) is 45.8 Å². The Balaban J connectivity index is 1.81. The van der Waals surface area contributed by atoms with Gasteiger partial charge in [0.25, 0.3) is 0 Å².